The fourth-order valence-electron chi connectivity index (χ4n) is 2.49. The minimum Gasteiger partial charge on any atom is -0.479 e. The number of halogens is 1. The van der Waals surface area contributed by atoms with Gasteiger partial charge in [0.15, 0.2) is 6.17 Å². The smallest absolute Gasteiger partial charge is 0.340 e. The molecule has 0 aliphatic carbocycles. The highest BCUT2D eigenvalue weighted by molar-refractivity contribution is 5.95. The highest BCUT2D eigenvalue weighted by Gasteiger charge is 2.40. The maximum absolute atomic E-state index is 14.2. The van der Waals surface area contributed by atoms with Gasteiger partial charge >= 0.3 is 12.1 Å². The molecule has 1 aliphatic rings. The molecule has 1 aliphatic heterocycles. The fraction of sp³-hybridized carbons (Fsp3) is 0.125. The molecular formula is C16H15FN4O2. The van der Waals surface area contributed by atoms with Crippen molar-refractivity contribution >= 4 is 17.7 Å². The fourth-order valence-corrected chi connectivity index (χ4v) is 2.49. The molecule has 0 radical (unpaired) electrons. The summed E-state index contributed by atoms with van der Waals surface area (Å²) in [5.74, 6) is -0.520. The minimum atomic E-state index is -0.784. The average molecular weight is 314 g/mol. The Morgan fingerprint density at radius 1 is 1.17 bits per heavy atom. The lowest BCUT2D eigenvalue weighted by Crippen LogP contribution is -2.41. The molecule has 2 amide bonds. The molecule has 2 aromatic carbocycles. The van der Waals surface area contributed by atoms with Gasteiger partial charge in [0.2, 0.25) is 0 Å². The van der Waals surface area contributed by atoms with Gasteiger partial charge in [0.25, 0.3) is 0 Å². The molecule has 2 aromatic rings. The lowest BCUT2D eigenvalue weighted by Gasteiger charge is -2.29. The molecule has 0 fully saturated rings. The maximum atomic E-state index is 14.2. The average Bonchev–Trinajstić information content (AvgIpc) is 2.92. The predicted octanol–water partition coefficient (Wildman–Crippen LogP) is 2.81. The lowest BCUT2D eigenvalue weighted by atomic mass is 10.1. The molecule has 1 atom stereocenters. The number of carbonyl (C=O) groups is 1. The van der Waals surface area contributed by atoms with Crippen LogP contribution < -0.4 is 10.2 Å². The van der Waals surface area contributed by atoms with Crippen LogP contribution in [0.4, 0.5) is 14.9 Å². The molecule has 0 bridgehead atoms. The summed E-state index contributed by atoms with van der Waals surface area (Å²) in [6.45, 7) is 0. The SMILES string of the molecule is CNC(=O)N1N=C(O)N(c2ccccc2F)C1c1ccccc1. The first kappa shape index (κ1) is 14.8. The number of benzene rings is 2. The summed E-state index contributed by atoms with van der Waals surface area (Å²) in [7, 11) is 1.46. The zero-order valence-electron chi connectivity index (χ0n) is 12.3. The van der Waals surface area contributed by atoms with Crippen LogP contribution in [0.3, 0.4) is 0 Å². The molecule has 1 heterocycles. The van der Waals surface area contributed by atoms with Gasteiger partial charge in [-0.15, -0.1) is 5.10 Å². The van der Waals surface area contributed by atoms with Crippen molar-refractivity contribution in [3.63, 3.8) is 0 Å². The number of rotatable bonds is 2. The van der Waals surface area contributed by atoms with Crippen LogP contribution in [0.5, 0.6) is 0 Å². The Balaban J connectivity index is 2.11. The van der Waals surface area contributed by atoms with E-state index < -0.39 is 24.0 Å². The lowest BCUT2D eigenvalue weighted by molar-refractivity contribution is 0.188. The summed E-state index contributed by atoms with van der Waals surface area (Å²) < 4.78 is 14.2. The third-order valence-electron chi connectivity index (χ3n) is 3.52. The number of carbonyl (C=O) groups excluding carboxylic acids is 1. The maximum Gasteiger partial charge on any atom is 0.340 e. The Labute approximate surface area is 132 Å². The van der Waals surface area contributed by atoms with Gasteiger partial charge in [-0.2, -0.15) is 5.01 Å². The van der Waals surface area contributed by atoms with E-state index in [4.69, 9.17) is 0 Å². The van der Waals surface area contributed by atoms with Crippen molar-refractivity contribution in [1.29, 1.82) is 0 Å². The van der Waals surface area contributed by atoms with Gasteiger partial charge in [-0.3, -0.25) is 4.90 Å². The number of para-hydroxylation sites is 1. The summed E-state index contributed by atoms with van der Waals surface area (Å²) in [6, 6.07) is 14.0. The standard InChI is InChI=1S/C16H15FN4O2/c1-18-15(22)21-14(11-7-3-2-4-8-11)20(16(23)19-21)13-10-6-5-9-12(13)17/h2-10,14H,1H3,(H,18,22)(H,19,23). The van der Waals surface area contributed by atoms with Crippen LogP contribution in [0.15, 0.2) is 59.7 Å². The Morgan fingerprint density at radius 2 is 1.83 bits per heavy atom. The number of hydrogen-bond donors (Lipinski definition) is 2. The highest BCUT2D eigenvalue weighted by Crippen LogP contribution is 2.36. The quantitative estimate of drug-likeness (QED) is 0.895. The number of anilines is 1. The Morgan fingerprint density at radius 3 is 2.48 bits per heavy atom. The van der Waals surface area contributed by atoms with E-state index in [9.17, 15) is 14.3 Å². The van der Waals surface area contributed by atoms with E-state index in [1.165, 1.54) is 24.1 Å². The van der Waals surface area contributed by atoms with Gasteiger partial charge in [0, 0.05) is 7.05 Å². The molecule has 7 heteroatoms. The third-order valence-corrected chi connectivity index (χ3v) is 3.52. The summed E-state index contributed by atoms with van der Waals surface area (Å²) in [5.41, 5.74) is 0.821. The predicted molar refractivity (Wildman–Crippen MR) is 84.4 cm³/mol. The van der Waals surface area contributed by atoms with E-state index in [0.717, 1.165) is 5.01 Å². The Hall–Kier alpha value is -3.09. The van der Waals surface area contributed by atoms with Crippen molar-refractivity contribution in [3.8, 4) is 0 Å². The van der Waals surface area contributed by atoms with E-state index in [2.05, 4.69) is 10.4 Å². The van der Waals surface area contributed by atoms with Gasteiger partial charge in [-0.1, -0.05) is 42.5 Å². The van der Waals surface area contributed by atoms with Gasteiger partial charge in [0.05, 0.1) is 5.69 Å². The number of amides is 2. The van der Waals surface area contributed by atoms with Crippen molar-refractivity contribution in [1.82, 2.24) is 10.3 Å². The minimum absolute atomic E-state index is 0.133. The molecule has 0 saturated heterocycles. The molecule has 118 valence electrons. The summed E-state index contributed by atoms with van der Waals surface area (Å²) >= 11 is 0. The second-order valence-corrected chi connectivity index (χ2v) is 4.91. The van der Waals surface area contributed by atoms with Crippen LogP contribution in [0.1, 0.15) is 11.7 Å². The van der Waals surface area contributed by atoms with Crippen LogP contribution >= 0.6 is 0 Å². The highest BCUT2D eigenvalue weighted by atomic mass is 19.1. The number of amidine groups is 1. The molecular weight excluding hydrogens is 299 g/mol. The Kier molecular flexibility index (Phi) is 3.84. The summed E-state index contributed by atoms with van der Waals surface area (Å²) in [5, 5.41) is 17.6. The molecule has 0 spiro atoms. The van der Waals surface area contributed by atoms with E-state index in [1.54, 1.807) is 36.4 Å². The number of hydrazone groups is 1. The topological polar surface area (TPSA) is 68.2 Å². The van der Waals surface area contributed by atoms with E-state index >= 15 is 0 Å². The van der Waals surface area contributed by atoms with Gasteiger partial charge in [-0.25, -0.2) is 9.18 Å². The molecule has 23 heavy (non-hydrogen) atoms. The second-order valence-electron chi connectivity index (χ2n) is 4.91. The first-order valence-corrected chi connectivity index (χ1v) is 7.00. The number of hydrogen-bond acceptors (Lipinski definition) is 3. The first-order chi connectivity index (χ1) is 11.1. The van der Waals surface area contributed by atoms with E-state index in [0.29, 0.717) is 5.56 Å². The molecule has 6 nitrogen and oxygen atoms in total. The van der Waals surface area contributed by atoms with Crippen molar-refractivity contribution in [2.75, 3.05) is 11.9 Å². The number of nitrogens with zero attached hydrogens (tertiary/aromatic N) is 3. The molecule has 0 saturated carbocycles. The number of nitrogens with one attached hydrogen (secondary N) is 1. The number of urea groups is 1. The second kappa shape index (κ2) is 5.96. The summed E-state index contributed by atoms with van der Waals surface area (Å²) in [4.78, 5) is 13.4. The first-order valence-electron chi connectivity index (χ1n) is 7.00. The van der Waals surface area contributed by atoms with Crippen molar-refractivity contribution in [2.24, 2.45) is 5.10 Å². The largest absolute Gasteiger partial charge is 0.479 e. The van der Waals surface area contributed by atoms with Crippen LogP contribution in [-0.4, -0.2) is 29.2 Å². The van der Waals surface area contributed by atoms with Gasteiger partial charge in [-0.05, 0) is 17.7 Å². The third kappa shape index (κ3) is 2.57. The molecule has 2 N–H and O–H groups in total. The zero-order chi connectivity index (χ0) is 16.4. The van der Waals surface area contributed by atoms with E-state index in [1.807, 2.05) is 6.07 Å². The van der Waals surface area contributed by atoms with Crippen LogP contribution in [0.2, 0.25) is 0 Å². The monoisotopic (exact) mass is 314 g/mol. The van der Waals surface area contributed by atoms with Gasteiger partial charge < -0.3 is 10.4 Å². The molecule has 3 rings (SSSR count). The van der Waals surface area contributed by atoms with E-state index in [-0.39, 0.29) is 5.69 Å². The van der Waals surface area contributed by atoms with Crippen molar-refractivity contribution in [3.05, 3.63) is 66.0 Å². The van der Waals surface area contributed by atoms with Gasteiger partial charge in [0.1, 0.15) is 5.82 Å². The number of aliphatic hydroxyl groups excluding tert-OH is 1. The van der Waals surface area contributed by atoms with Crippen LogP contribution in [-0.2, 0) is 0 Å². The number of aliphatic hydroxyl groups is 1. The zero-order valence-corrected chi connectivity index (χ0v) is 12.3. The van der Waals surface area contributed by atoms with Crippen molar-refractivity contribution in [2.45, 2.75) is 6.17 Å². The normalized spacial score (nSPS) is 17.1. The molecule has 1 unspecified atom stereocenters. The molecule has 0 aromatic heterocycles. The summed E-state index contributed by atoms with van der Waals surface area (Å²) in [6.07, 6.45) is -0.784. The van der Waals surface area contributed by atoms with Crippen LogP contribution in [0.25, 0.3) is 0 Å². The van der Waals surface area contributed by atoms with Crippen LogP contribution in [0, 0.1) is 5.82 Å². The Bertz CT molecular complexity index is 751. The van der Waals surface area contributed by atoms with Crippen molar-refractivity contribution < 1.29 is 14.3 Å².